The van der Waals surface area contributed by atoms with Crippen molar-refractivity contribution in [2.75, 3.05) is 46.2 Å². The van der Waals surface area contributed by atoms with Crippen LogP contribution in [0.5, 0.6) is 0 Å². The molecule has 0 heterocycles. The molecule has 1 N–H and O–H groups in total. The molecule has 3 fully saturated rings. The molecule has 0 bridgehead atoms. The average molecular weight is 660 g/mol. The molecule has 47 heavy (non-hydrogen) atoms. The minimum atomic E-state index is -0.280. The largest absolute Gasteiger partial charge is 0.446 e. The summed E-state index contributed by atoms with van der Waals surface area (Å²) in [5, 5.41) is 2.95. The maximum atomic E-state index is 12.6. The van der Waals surface area contributed by atoms with Crippen LogP contribution in [-0.2, 0) is 18.9 Å². The normalized spacial score (nSPS) is 32.4. The Labute approximate surface area is 289 Å². The van der Waals surface area contributed by atoms with Crippen LogP contribution >= 0.6 is 0 Å². The van der Waals surface area contributed by atoms with Gasteiger partial charge in [-0.05, 0) is 116 Å². The Morgan fingerprint density at radius 2 is 1.45 bits per heavy atom. The predicted octanol–water partition coefficient (Wildman–Crippen LogP) is 10.00. The third-order valence-corrected chi connectivity index (χ3v) is 13.1. The van der Waals surface area contributed by atoms with Gasteiger partial charge in [0.15, 0.2) is 0 Å². The second-order valence-electron chi connectivity index (χ2n) is 17.2. The van der Waals surface area contributed by atoms with E-state index in [1.165, 1.54) is 57.8 Å². The molecule has 4 aliphatic rings. The summed E-state index contributed by atoms with van der Waals surface area (Å²) in [6.45, 7) is 21.4. The fourth-order valence-corrected chi connectivity index (χ4v) is 10.4. The molecule has 6 nitrogen and oxygen atoms in total. The molecular weight excluding hydrogens is 586 g/mol. The van der Waals surface area contributed by atoms with Crippen LogP contribution in [0.4, 0.5) is 4.79 Å². The number of amides is 1. The van der Waals surface area contributed by atoms with E-state index in [0.717, 1.165) is 80.1 Å². The summed E-state index contributed by atoms with van der Waals surface area (Å²) in [4.78, 5) is 12.6. The predicted molar refractivity (Wildman–Crippen MR) is 192 cm³/mol. The summed E-state index contributed by atoms with van der Waals surface area (Å²) in [5.74, 6) is 5.83. The van der Waals surface area contributed by atoms with Gasteiger partial charge in [-0.15, -0.1) is 0 Å². The van der Waals surface area contributed by atoms with Crippen molar-refractivity contribution in [3.8, 4) is 0 Å². The van der Waals surface area contributed by atoms with Crippen LogP contribution in [0.3, 0.4) is 0 Å². The lowest BCUT2D eigenvalue weighted by Crippen LogP contribution is -2.51. The molecule has 4 rings (SSSR count). The van der Waals surface area contributed by atoms with Crippen molar-refractivity contribution in [1.29, 1.82) is 0 Å². The fraction of sp³-hybridized carbons (Fsp3) is 0.927. The first-order valence-electron chi connectivity index (χ1n) is 19.9. The van der Waals surface area contributed by atoms with Crippen molar-refractivity contribution in [2.45, 2.75) is 144 Å². The summed E-state index contributed by atoms with van der Waals surface area (Å²) in [7, 11) is 0. The van der Waals surface area contributed by atoms with Crippen molar-refractivity contribution in [3.05, 3.63) is 11.6 Å². The van der Waals surface area contributed by atoms with E-state index < -0.39 is 0 Å². The molecule has 1 unspecified atom stereocenters. The zero-order valence-electron chi connectivity index (χ0n) is 31.6. The van der Waals surface area contributed by atoms with E-state index in [-0.39, 0.29) is 17.6 Å². The van der Waals surface area contributed by atoms with Crippen LogP contribution < -0.4 is 5.32 Å². The van der Waals surface area contributed by atoms with Gasteiger partial charge in [0, 0.05) is 26.2 Å². The molecule has 0 saturated heterocycles. The van der Waals surface area contributed by atoms with Crippen LogP contribution in [0.1, 0.15) is 138 Å². The van der Waals surface area contributed by atoms with Gasteiger partial charge in [0.2, 0.25) is 0 Å². The highest BCUT2D eigenvalue weighted by atomic mass is 16.6. The number of carbonyl (C=O) groups is 1. The van der Waals surface area contributed by atoms with Crippen LogP contribution in [0.2, 0.25) is 0 Å². The molecule has 8 atom stereocenters. The van der Waals surface area contributed by atoms with Crippen molar-refractivity contribution in [3.63, 3.8) is 0 Å². The molecule has 3 saturated carbocycles. The lowest BCUT2D eigenvalue weighted by atomic mass is 9.47. The van der Waals surface area contributed by atoms with Crippen molar-refractivity contribution >= 4 is 6.09 Å². The van der Waals surface area contributed by atoms with Crippen LogP contribution in [-0.4, -0.2) is 58.4 Å². The van der Waals surface area contributed by atoms with Gasteiger partial charge in [0.25, 0.3) is 0 Å². The standard InChI is InChI=1S/C41H73NO5/c1-30(2)11-8-13-32(5)36-16-17-37-35-15-14-33-29-34(18-20-40(33,6)38(35)19-21-41(36,37)7)47-39(43)42-22-10-24-45-26-28-46-27-25-44-23-9-12-31(3)4/h14,30-32,34-38H,8-13,15-29H2,1-7H3,(H,42,43)/t32-,34?,35+,36-,37+,38+,40+,41-/m1/s1. The van der Waals surface area contributed by atoms with E-state index in [0.29, 0.717) is 45.0 Å². The van der Waals surface area contributed by atoms with Gasteiger partial charge in [-0.1, -0.05) is 79.4 Å². The topological polar surface area (TPSA) is 66.0 Å². The first-order chi connectivity index (χ1) is 22.5. The molecule has 4 aliphatic carbocycles. The number of rotatable bonds is 20. The van der Waals surface area contributed by atoms with Gasteiger partial charge in [0.05, 0.1) is 26.4 Å². The van der Waals surface area contributed by atoms with Crippen molar-refractivity contribution in [2.24, 2.45) is 52.3 Å². The van der Waals surface area contributed by atoms with Crippen LogP contribution in [0.15, 0.2) is 11.6 Å². The molecule has 272 valence electrons. The Balaban J connectivity index is 1.11. The van der Waals surface area contributed by atoms with E-state index in [4.69, 9.17) is 18.9 Å². The highest BCUT2D eigenvalue weighted by molar-refractivity contribution is 5.67. The molecule has 0 radical (unpaired) electrons. The van der Waals surface area contributed by atoms with Gasteiger partial charge in [0.1, 0.15) is 6.10 Å². The molecular formula is C41H73NO5. The quantitative estimate of drug-likeness (QED) is 0.104. The first-order valence-corrected chi connectivity index (χ1v) is 19.9. The highest BCUT2D eigenvalue weighted by Crippen LogP contribution is 2.67. The zero-order chi connectivity index (χ0) is 33.9. The summed E-state index contributed by atoms with van der Waals surface area (Å²) < 4.78 is 22.8. The first kappa shape index (κ1) is 38.7. The number of hydrogen-bond acceptors (Lipinski definition) is 5. The number of nitrogens with one attached hydrogen (secondary N) is 1. The Kier molecular flexibility index (Phi) is 15.4. The SMILES string of the molecule is CC(C)CCCOCCOCCOCCCNC(=O)OC1CC[C@@]2(C)C(=CC[C@H]3[C@@H]4CC[C@H]([C@H](C)CCCC(C)C)[C@@]4(C)CC[C@@H]32)C1. The highest BCUT2D eigenvalue weighted by Gasteiger charge is 2.59. The number of ether oxygens (including phenoxy) is 4. The molecule has 0 aliphatic heterocycles. The second-order valence-corrected chi connectivity index (χ2v) is 17.2. The van der Waals surface area contributed by atoms with E-state index >= 15 is 0 Å². The third kappa shape index (κ3) is 10.7. The minimum absolute atomic E-state index is 0.00475. The average Bonchev–Trinajstić information content (AvgIpc) is 3.38. The number of alkyl carbamates (subject to hydrolysis) is 1. The number of hydrogen-bond donors (Lipinski definition) is 1. The zero-order valence-corrected chi connectivity index (χ0v) is 31.6. The number of allylic oxidation sites excluding steroid dienone is 1. The van der Waals surface area contributed by atoms with Gasteiger partial charge >= 0.3 is 6.09 Å². The smallest absolute Gasteiger partial charge is 0.407 e. The summed E-state index contributed by atoms with van der Waals surface area (Å²) in [6, 6.07) is 0. The Morgan fingerprint density at radius 3 is 2.15 bits per heavy atom. The molecule has 0 spiro atoms. The molecule has 0 aromatic carbocycles. The van der Waals surface area contributed by atoms with E-state index in [1.807, 2.05) is 0 Å². The van der Waals surface area contributed by atoms with Crippen molar-refractivity contribution < 1.29 is 23.7 Å². The van der Waals surface area contributed by atoms with Gasteiger partial charge in [-0.25, -0.2) is 4.79 Å². The maximum Gasteiger partial charge on any atom is 0.407 e. The molecule has 1 amide bonds. The third-order valence-electron chi connectivity index (χ3n) is 13.1. The van der Waals surface area contributed by atoms with Gasteiger partial charge in [-0.3, -0.25) is 0 Å². The minimum Gasteiger partial charge on any atom is -0.446 e. The monoisotopic (exact) mass is 660 g/mol. The molecule has 0 aromatic heterocycles. The summed E-state index contributed by atoms with van der Waals surface area (Å²) >= 11 is 0. The summed E-state index contributed by atoms with van der Waals surface area (Å²) in [5.41, 5.74) is 2.39. The molecule has 6 heteroatoms. The van der Waals surface area contributed by atoms with Gasteiger partial charge < -0.3 is 24.3 Å². The Morgan fingerprint density at radius 1 is 0.787 bits per heavy atom. The lowest BCUT2D eigenvalue weighted by Gasteiger charge is -2.58. The molecule has 0 aromatic rings. The Hall–Kier alpha value is -1.11. The second kappa shape index (κ2) is 18.8. The van der Waals surface area contributed by atoms with Gasteiger partial charge in [-0.2, -0.15) is 0 Å². The fourth-order valence-electron chi connectivity index (χ4n) is 10.4. The Bertz CT molecular complexity index is 965. The van der Waals surface area contributed by atoms with Crippen LogP contribution in [0.25, 0.3) is 0 Å². The summed E-state index contributed by atoms with van der Waals surface area (Å²) in [6.07, 6.45) is 19.5. The van der Waals surface area contributed by atoms with Crippen molar-refractivity contribution in [1.82, 2.24) is 5.32 Å². The maximum absolute atomic E-state index is 12.6. The van der Waals surface area contributed by atoms with Crippen LogP contribution in [0, 0.1) is 52.3 Å². The number of fused-ring (bicyclic) bond motifs is 5. The number of carbonyl (C=O) groups excluding carboxylic acids is 1. The van der Waals surface area contributed by atoms with E-state index in [9.17, 15) is 4.79 Å². The van der Waals surface area contributed by atoms with E-state index in [1.54, 1.807) is 5.57 Å². The lowest BCUT2D eigenvalue weighted by molar-refractivity contribution is -0.0581. The van der Waals surface area contributed by atoms with E-state index in [2.05, 4.69) is 59.9 Å².